The molecule has 0 unspecified atom stereocenters. The summed E-state index contributed by atoms with van der Waals surface area (Å²) in [6, 6.07) is 8.91. The second-order valence-electron chi connectivity index (χ2n) is 4.48. The number of benzene rings is 2. The molecular formula is C15H13ClFNO4S. The van der Waals surface area contributed by atoms with Crippen molar-refractivity contribution in [2.45, 2.75) is 11.8 Å². The van der Waals surface area contributed by atoms with Gasteiger partial charge in [0.1, 0.15) is 5.82 Å². The van der Waals surface area contributed by atoms with Gasteiger partial charge in [-0.05, 0) is 43.3 Å². The minimum Gasteiger partial charge on any atom is -0.462 e. The van der Waals surface area contributed by atoms with Crippen LogP contribution in [0.4, 0.5) is 10.1 Å². The Kier molecular flexibility index (Phi) is 5.23. The molecule has 0 spiro atoms. The zero-order valence-electron chi connectivity index (χ0n) is 12.0. The Bertz CT molecular complexity index is 839. The Balaban J connectivity index is 2.28. The first-order valence-corrected chi connectivity index (χ1v) is 8.44. The van der Waals surface area contributed by atoms with Crippen LogP contribution >= 0.6 is 11.6 Å². The van der Waals surface area contributed by atoms with Crippen molar-refractivity contribution in [2.75, 3.05) is 11.3 Å². The molecular weight excluding hydrogens is 345 g/mol. The van der Waals surface area contributed by atoms with E-state index >= 15 is 0 Å². The second kappa shape index (κ2) is 6.97. The molecule has 8 heteroatoms. The van der Waals surface area contributed by atoms with Crippen molar-refractivity contribution in [1.29, 1.82) is 0 Å². The number of hydrogen-bond donors (Lipinski definition) is 1. The molecule has 1 N–H and O–H groups in total. The lowest BCUT2D eigenvalue weighted by Gasteiger charge is -2.10. The summed E-state index contributed by atoms with van der Waals surface area (Å²) >= 11 is 5.60. The van der Waals surface area contributed by atoms with Gasteiger partial charge < -0.3 is 4.74 Å². The molecule has 0 aliphatic carbocycles. The van der Waals surface area contributed by atoms with E-state index in [1.54, 1.807) is 6.92 Å². The minimum atomic E-state index is -3.96. The standard InChI is InChI=1S/C15H13ClFNO4S/c1-2-22-15(19)10-4-3-5-11(8-10)18-23(20,21)12-6-7-14(17)13(16)9-12/h3-9,18H,2H2,1H3. The molecule has 0 aromatic heterocycles. The molecule has 0 bridgehead atoms. The van der Waals surface area contributed by atoms with Crippen molar-refractivity contribution in [3.63, 3.8) is 0 Å². The van der Waals surface area contributed by atoms with Crippen molar-refractivity contribution in [3.05, 3.63) is 58.9 Å². The highest BCUT2D eigenvalue weighted by Crippen LogP contribution is 2.22. The average molecular weight is 358 g/mol. The molecule has 0 aliphatic rings. The molecule has 0 radical (unpaired) electrons. The molecule has 2 aromatic carbocycles. The Morgan fingerprint density at radius 2 is 2.00 bits per heavy atom. The largest absolute Gasteiger partial charge is 0.462 e. The van der Waals surface area contributed by atoms with Crippen LogP contribution in [-0.2, 0) is 14.8 Å². The predicted octanol–water partition coefficient (Wildman–Crippen LogP) is 3.46. The van der Waals surface area contributed by atoms with Crippen LogP contribution < -0.4 is 4.72 Å². The van der Waals surface area contributed by atoms with E-state index in [1.165, 1.54) is 24.3 Å². The lowest BCUT2D eigenvalue weighted by Crippen LogP contribution is -2.14. The van der Waals surface area contributed by atoms with Crippen LogP contribution in [0.25, 0.3) is 0 Å². The van der Waals surface area contributed by atoms with E-state index in [0.29, 0.717) is 0 Å². The maximum absolute atomic E-state index is 13.1. The number of anilines is 1. The second-order valence-corrected chi connectivity index (χ2v) is 6.57. The third-order valence-corrected chi connectivity index (χ3v) is 4.50. The summed E-state index contributed by atoms with van der Waals surface area (Å²) in [4.78, 5) is 11.5. The summed E-state index contributed by atoms with van der Waals surface area (Å²) in [5.74, 6) is -1.27. The first-order chi connectivity index (χ1) is 10.8. The molecule has 0 fully saturated rings. The van der Waals surface area contributed by atoms with Crippen LogP contribution in [-0.4, -0.2) is 21.0 Å². The SMILES string of the molecule is CCOC(=O)c1cccc(NS(=O)(=O)c2ccc(F)c(Cl)c2)c1. The van der Waals surface area contributed by atoms with E-state index in [-0.39, 0.29) is 27.8 Å². The Labute approximate surface area is 138 Å². The number of rotatable bonds is 5. The molecule has 0 heterocycles. The number of hydrogen-bond acceptors (Lipinski definition) is 4. The molecule has 122 valence electrons. The van der Waals surface area contributed by atoms with Gasteiger partial charge in [-0.2, -0.15) is 0 Å². The van der Waals surface area contributed by atoms with Crippen molar-refractivity contribution >= 4 is 33.3 Å². The summed E-state index contributed by atoms with van der Waals surface area (Å²) in [5.41, 5.74) is 0.389. The molecule has 0 amide bonds. The molecule has 2 rings (SSSR count). The third kappa shape index (κ3) is 4.20. The minimum absolute atomic E-state index is 0.177. The number of ether oxygens (including phenoxy) is 1. The number of carbonyl (C=O) groups excluding carboxylic acids is 1. The lowest BCUT2D eigenvalue weighted by atomic mass is 10.2. The number of esters is 1. The molecule has 0 saturated heterocycles. The number of halogens is 2. The Hall–Kier alpha value is -2.12. The molecule has 5 nitrogen and oxygen atoms in total. The van der Waals surface area contributed by atoms with Gasteiger partial charge >= 0.3 is 5.97 Å². The van der Waals surface area contributed by atoms with Gasteiger partial charge in [-0.15, -0.1) is 0 Å². The molecule has 0 aliphatic heterocycles. The van der Waals surface area contributed by atoms with Gasteiger partial charge in [0.25, 0.3) is 10.0 Å². The number of sulfonamides is 1. The lowest BCUT2D eigenvalue weighted by molar-refractivity contribution is 0.0526. The highest BCUT2D eigenvalue weighted by molar-refractivity contribution is 7.92. The van der Waals surface area contributed by atoms with E-state index in [0.717, 1.165) is 18.2 Å². The van der Waals surface area contributed by atoms with Gasteiger partial charge in [-0.3, -0.25) is 4.72 Å². The third-order valence-electron chi connectivity index (χ3n) is 2.83. The quantitative estimate of drug-likeness (QED) is 0.832. The van der Waals surface area contributed by atoms with Crippen molar-refractivity contribution in [2.24, 2.45) is 0 Å². The van der Waals surface area contributed by atoms with E-state index in [2.05, 4.69) is 4.72 Å². The monoisotopic (exact) mass is 357 g/mol. The summed E-state index contributed by atoms with van der Waals surface area (Å²) < 4.78 is 44.8. The zero-order valence-corrected chi connectivity index (χ0v) is 13.6. The first kappa shape index (κ1) is 17.2. The van der Waals surface area contributed by atoms with Crippen molar-refractivity contribution in [1.82, 2.24) is 0 Å². The van der Waals surface area contributed by atoms with E-state index in [9.17, 15) is 17.6 Å². The van der Waals surface area contributed by atoms with Gasteiger partial charge in [-0.25, -0.2) is 17.6 Å². The fraction of sp³-hybridized carbons (Fsp3) is 0.133. The molecule has 2 aromatic rings. The van der Waals surface area contributed by atoms with Gasteiger partial charge in [0, 0.05) is 5.69 Å². The fourth-order valence-corrected chi connectivity index (χ4v) is 3.10. The number of carbonyl (C=O) groups is 1. The Morgan fingerprint density at radius 1 is 1.26 bits per heavy atom. The van der Waals surface area contributed by atoms with Crippen LogP contribution in [0.3, 0.4) is 0 Å². The maximum atomic E-state index is 13.1. The predicted molar refractivity (Wildman–Crippen MR) is 84.6 cm³/mol. The molecule has 0 atom stereocenters. The zero-order chi connectivity index (χ0) is 17.0. The fourth-order valence-electron chi connectivity index (χ4n) is 1.78. The average Bonchev–Trinajstić information content (AvgIpc) is 2.50. The van der Waals surface area contributed by atoms with Gasteiger partial charge in [0.05, 0.1) is 22.1 Å². The van der Waals surface area contributed by atoms with E-state index in [1.807, 2.05) is 0 Å². The smallest absolute Gasteiger partial charge is 0.338 e. The Morgan fingerprint density at radius 3 is 2.65 bits per heavy atom. The van der Waals surface area contributed by atoms with Gasteiger partial charge in [0.15, 0.2) is 0 Å². The maximum Gasteiger partial charge on any atom is 0.338 e. The first-order valence-electron chi connectivity index (χ1n) is 6.58. The van der Waals surface area contributed by atoms with E-state index < -0.39 is 21.8 Å². The molecule has 0 saturated carbocycles. The highest BCUT2D eigenvalue weighted by atomic mass is 35.5. The summed E-state index contributed by atoms with van der Waals surface area (Å²) in [7, 11) is -3.96. The van der Waals surface area contributed by atoms with Crippen molar-refractivity contribution in [3.8, 4) is 0 Å². The highest BCUT2D eigenvalue weighted by Gasteiger charge is 2.17. The topological polar surface area (TPSA) is 72.5 Å². The summed E-state index contributed by atoms with van der Waals surface area (Å²) in [6.45, 7) is 1.88. The van der Waals surface area contributed by atoms with E-state index in [4.69, 9.17) is 16.3 Å². The van der Waals surface area contributed by atoms with Gasteiger partial charge in [0.2, 0.25) is 0 Å². The van der Waals surface area contributed by atoms with Crippen LogP contribution in [0.2, 0.25) is 5.02 Å². The van der Waals surface area contributed by atoms with Crippen LogP contribution in [0.15, 0.2) is 47.4 Å². The normalized spacial score (nSPS) is 11.1. The van der Waals surface area contributed by atoms with Crippen LogP contribution in [0.5, 0.6) is 0 Å². The summed E-state index contributed by atoms with van der Waals surface area (Å²) in [5, 5.41) is -0.298. The van der Waals surface area contributed by atoms with Crippen LogP contribution in [0.1, 0.15) is 17.3 Å². The van der Waals surface area contributed by atoms with Crippen molar-refractivity contribution < 1.29 is 22.3 Å². The molecule has 23 heavy (non-hydrogen) atoms. The van der Waals surface area contributed by atoms with Crippen LogP contribution in [0, 0.1) is 5.82 Å². The van der Waals surface area contributed by atoms with Gasteiger partial charge in [-0.1, -0.05) is 17.7 Å². The number of nitrogens with one attached hydrogen (secondary N) is 1. The summed E-state index contributed by atoms with van der Waals surface area (Å²) in [6.07, 6.45) is 0.